The number of benzene rings is 1. The number of nitrogens with one attached hydrogen (secondary N) is 1. The van der Waals surface area contributed by atoms with Crippen LogP contribution in [0.1, 0.15) is 29.6 Å². The van der Waals surface area contributed by atoms with Crippen LogP contribution in [0.3, 0.4) is 0 Å². The molecule has 0 atom stereocenters. The molecule has 156 valence electrons. The van der Waals surface area contributed by atoms with Crippen molar-refractivity contribution in [2.24, 2.45) is 0 Å². The number of carbonyl (C=O) groups is 3. The van der Waals surface area contributed by atoms with E-state index in [0.29, 0.717) is 9.13 Å². The first-order chi connectivity index (χ1) is 12.7. The summed E-state index contributed by atoms with van der Waals surface area (Å²) in [7, 11) is -5.70. The van der Waals surface area contributed by atoms with Crippen LogP contribution in [0, 0.1) is 10.7 Å². The Bertz CT molecular complexity index is 893. The van der Waals surface area contributed by atoms with Gasteiger partial charge in [-0.2, -0.15) is 17.2 Å². The van der Waals surface area contributed by atoms with E-state index in [1.807, 2.05) is 51.2 Å². The topological polar surface area (TPSA) is 127 Å². The molecule has 0 aliphatic carbocycles. The normalized spacial score (nSPS) is 11.8. The predicted molar refractivity (Wildman–Crippen MR) is 118 cm³/mol. The van der Waals surface area contributed by atoms with E-state index in [2.05, 4.69) is 32.6 Å². The van der Waals surface area contributed by atoms with Gasteiger partial charge in [-0.3, -0.25) is 24.3 Å². The van der Waals surface area contributed by atoms with Gasteiger partial charge in [0.05, 0.1) is 5.56 Å². The van der Waals surface area contributed by atoms with Gasteiger partial charge in [-0.25, -0.2) is 0 Å². The van der Waals surface area contributed by atoms with Gasteiger partial charge >= 0.3 is 21.3 Å². The number of imide groups is 1. The minimum absolute atomic E-state index is 0.115. The van der Waals surface area contributed by atoms with Crippen LogP contribution in [0.25, 0.3) is 0 Å². The van der Waals surface area contributed by atoms with Crippen LogP contribution in [0.4, 0.5) is 8.78 Å². The molecule has 2 amide bonds. The molecule has 1 aromatic carbocycles. The number of hydrogen-bond acceptors (Lipinski definition) is 6. The lowest BCUT2D eigenvalue weighted by atomic mass is 10.2. The summed E-state index contributed by atoms with van der Waals surface area (Å²) < 4.78 is 61.3. The van der Waals surface area contributed by atoms with E-state index < -0.39 is 46.2 Å². The number of amides is 2. The second-order valence-electron chi connectivity index (χ2n) is 5.25. The monoisotopic (exact) mass is 757 g/mol. The molecule has 0 radical (unpaired) electrons. The first-order valence-corrected chi connectivity index (χ1v) is 11.9. The van der Waals surface area contributed by atoms with Gasteiger partial charge in [-0.05, 0) is 86.3 Å². The van der Waals surface area contributed by atoms with Crippen LogP contribution >= 0.6 is 67.8 Å². The lowest BCUT2D eigenvalue weighted by Crippen LogP contribution is -2.34. The molecular weight excluding hydrogens is 745 g/mol. The molecule has 0 bridgehead atoms. The van der Waals surface area contributed by atoms with Gasteiger partial charge in [0.15, 0.2) is 6.61 Å². The standard InChI is InChI=1S/C14H12F2I3NO7S/c15-14(16,28(24,25)26)6-27-11(22)3-1-2-10(21)20-13(23)8-4-7(17)5-9(18)12(8)19/h4-5H,1-3,6H2,(H,20,21,23)(H,24,25,26). The second-order valence-corrected chi connectivity index (χ2v) is 10.3. The Morgan fingerprint density at radius 1 is 1.14 bits per heavy atom. The lowest BCUT2D eigenvalue weighted by molar-refractivity contribution is -0.149. The Morgan fingerprint density at radius 2 is 1.75 bits per heavy atom. The number of ether oxygens (including phenoxy) is 1. The second kappa shape index (κ2) is 10.7. The SMILES string of the molecule is O=C(CCCC(=O)OCC(F)(F)S(=O)(=O)O)NC(=O)c1cc(I)cc(I)c1I. The molecule has 0 aliphatic heterocycles. The van der Waals surface area contributed by atoms with Gasteiger partial charge in [0.1, 0.15) is 0 Å². The highest BCUT2D eigenvalue weighted by atomic mass is 127. The van der Waals surface area contributed by atoms with Gasteiger partial charge in [-0.15, -0.1) is 0 Å². The molecule has 1 rings (SSSR count). The molecule has 0 spiro atoms. The van der Waals surface area contributed by atoms with Crippen molar-refractivity contribution in [1.82, 2.24) is 5.32 Å². The summed E-state index contributed by atoms with van der Waals surface area (Å²) in [6.45, 7) is -1.83. The smallest absolute Gasteiger partial charge is 0.402 e. The van der Waals surface area contributed by atoms with Crippen LogP contribution in [-0.2, 0) is 24.4 Å². The van der Waals surface area contributed by atoms with Crippen molar-refractivity contribution in [2.75, 3.05) is 6.61 Å². The molecule has 0 heterocycles. The summed E-state index contributed by atoms with van der Waals surface area (Å²) >= 11 is 6.06. The van der Waals surface area contributed by atoms with E-state index in [1.165, 1.54) is 0 Å². The van der Waals surface area contributed by atoms with Crippen molar-refractivity contribution < 1.29 is 40.9 Å². The van der Waals surface area contributed by atoms with Crippen molar-refractivity contribution in [1.29, 1.82) is 0 Å². The third kappa shape index (κ3) is 7.90. The fraction of sp³-hybridized carbons (Fsp3) is 0.357. The molecule has 28 heavy (non-hydrogen) atoms. The minimum Gasteiger partial charge on any atom is -0.458 e. The number of esters is 1. The van der Waals surface area contributed by atoms with E-state index in [1.54, 1.807) is 6.07 Å². The largest absolute Gasteiger partial charge is 0.458 e. The predicted octanol–water partition coefficient (Wildman–Crippen LogP) is 2.95. The Hall–Kier alpha value is -0.210. The summed E-state index contributed by atoms with van der Waals surface area (Å²) in [5.74, 6) is -2.46. The van der Waals surface area contributed by atoms with Crippen molar-refractivity contribution >= 4 is 95.7 Å². The van der Waals surface area contributed by atoms with E-state index in [4.69, 9.17) is 4.55 Å². The molecule has 0 aliphatic rings. The highest BCUT2D eigenvalue weighted by Crippen LogP contribution is 2.23. The van der Waals surface area contributed by atoms with Gasteiger partial charge in [0, 0.05) is 23.6 Å². The van der Waals surface area contributed by atoms with Crippen molar-refractivity contribution in [3.05, 3.63) is 28.4 Å². The van der Waals surface area contributed by atoms with Crippen LogP contribution in [0.5, 0.6) is 0 Å². The molecule has 14 heteroatoms. The van der Waals surface area contributed by atoms with Crippen molar-refractivity contribution in [3.63, 3.8) is 0 Å². The molecule has 0 unspecified atom stereocenters. The summed E-state index contributed by atoms with van der Waals surface area (Å²) in [4.78, 5) is 35.3. The van der Waals surface area contributed by atoms with Crippen molar-refractivity contribution in [3.8, 4) is 0 Å². The molecule has 2 N–H and O–H groups in total. The number of halogens is 5. The number of hydrogen-bond donors (Lipinski definition) is 2. The zero-order valence-corrected chi connectivity index (χ0v) is 21.0. The number of carbonyl (C=O) groups excluding carboxylic acids is 3. The van der Waals surface area contributed by atoms with Gasteiger partial charge in [-0.1, -0.05) is 0 Å². The molecule has 0 aromatic heterocycles. The Labute approximate surface area is 199 Å². The molecule has 0 fully saturated rings. The maximum atomic E-state index is 12.9. The first-order valence-electron chi connectivity index (χ1n) is 7.24. The summed E-state index contributed by atoms with van der Waals surface area (Å²) in [5, 5.41) is -2.45. The highest BCUT2D eigenvalue weighted by Gasteiger charge is 2.45. The summed E-state index contributed by atoms with van der Waals surface area (Å²) in [6.07, 6.45) is -0.828. The molecule has 1 aromatic rings. The first kappa shape index (κ1) is 25.8. The van der Waals surface area contributed by atoms with Crippen LogP contribution in [-0.4, -0.2) is 42.6 Å². The number of rotatable bonds is 8. The maximum Gasteiger partial charge on any atom is 0.402 e. The highest BCUT2D eigenvalue weighted by molar-refractivity contribution is 14.1. The van der Waals surface area contributed by atoms with Crippen LogP contribution in [0.2, 0.25) is 0 Å². The summed E-state index contributed by atoms with van der Waals surface area (Å²) in [6, 6.07) is 3.47. The molecular formula is C14H12F2I3NO7S. The van der Waals surface area contributed by atoms with E-state index in [-0.39, 0.29) is 12.8 Å². The zero-order valence-electron chi connectivity index (χ0n) is 13.7. The quantitative estimate of drug-likeness (QED) is 0.181. The number of alkyl halides is 2. The van der Waals surface area contributed by atoms with Gasteiger partial charge < -0.3 is 4.74 Å². The lowest BCUT2D eigenvalue weighted by Gasteiger charge is -2.12. The van der Waals surface area contributed by atoms with E-state index in [9.17, 15) is 31.6 Å². The van der Waals surface area contributed by atoms with Gasteiger partial charge in [0.2, 0.25) is 5.91 Å². The van der Waals surface area contributed by atoms with Crippen molar-refractivity contribution in [2.45, 2.75) is 24.5 Å². The molecule has 0 saturated carbocycles. The Morgan fingerprint density at radius 3 is 2.32 bits per heavy atom. The Kier molecular flexibility index (Phi) is 9.88. The van der Waals surface area contributed by atoms with Crippen LogP contribution < -0.4 is 5.32 Å². The zero-order chi connectivity index (χ0) is 21.7. The van der Waals surface area contributed by atoms with E-state index >= 15 is 0 Å². The fourth-order valence-corrected chi connectivity index (χ4v) is 4.29. The van der Waals surface area contributed by atoms with E-state index in [0.717, 1.165) is 7.14 Å². The summed E-state index contributed by atoms with van der Waals surface area (Å²) in [5.41, 5.74) is 0.317. The average molecular weight is 757 g/mol. The third-order valence-corrected chi connectivity index (χ3v) is 7.59. The Balaban J connectivity index is 2.47. The van der Waals surface area contributed by atoms with Crippen LogP contribution in [0.15, 0.2) is 12.1 Å². The molecule has 8 nitrogen and oxygen atoms in total. The maximum absolute atomic E-state index is 12.9. The minimum atomic E-state index is -5.70. The fourth-order valence-electron chi connectivity index (χ4n) is 1.68. The van der Waals surface area contributed by atoms with Gasteiger partial charge in [0.25, 0.3) is 5.91 Å². The third-order valence-electron chi connectivity index (χ3n) is 3.05. The molecule has 0 saturated heterocycles. The average Bonchev–Trinajstić information content (AvgIpc) is 2.55.